The zero-order valence-electron chi connectivity index (χ0n) is 7.51. The molecule has 0 rings (SSSR count). The van der Waals surface area contributed by atoms with Crippen molar-refractivity contribution < 1.29 is 9.90 Å². The van der Waals surface area contributed by atoms with Crippen molar-refractivity contribution in [1.29, 1.82) is 0 Å². The monoisotopic (exact) mass is 157 g/mol. The van der Waals surface area contributed by atoms with Gasteiger partial charge >= 0.3 is 0 Å². The number of hydrogen-bond acceptors (Lipinski definition) is 3. The van der Waals surface area contributed by atoms with Gasteiger partial charge in [0, 0.05) is 12.1 Å². The van der Waals surface area contributed by atoms with Crippen molar-refractivity contribution in [2.45, 2.75) is 13.8 Å². The Morgan fingerprint density at radius 1 is 1.36 bits per heavy atom. The fourth-order valence-electron chi connectivity index (χ4n) is 0.797. The average molecular weight is 157 g/mol. The first kappa shape index (κ1) is 10.2. The summed E-state index contributed by atoms with van der Waals surface area (Å²) in [6.07, 6.45) is 0. The number of carbonyl (C=O) groups excluding carboxylic acids is 1. The Bertz CT molecular complexity index is 179. The minimum atomic E-state index is -0.0706. The normalized spacial score (nSPS) is 13.2. The van der Waals surface area contributed by atoms with E-state index in [1.165, 1.54) is 13.8 Å². The van der Waals surface area contributed by atoms with E-state index in [1.807, 2.05) is 19.0 Å². The summed E-state index contributed by atoms with van der Waals surface area (Å²) in [5, 5.41) is 9.06. The Morgan fingerprint density at radius 3 is 1.91 bits per heavy atom. The molecule has 0 bridgehead atoms. The van der Waals surface area contributed by atoms with E-state index in [0.717, 1.165) is 0 Å². The van der Waals surface area contributed by atoms with E-state index in [2.05, 4.69) is 0 Å². The molecule has 0 aromatic heterocycles. The summed E-state index contributed by atoms with van der Waals surface area (Å²) in [5.74, 6) is 0.0462. The second-order valence-electron chi connectivity index (χ2n) is 2.86. The smallest absolute Gasteiger partial charge is 0.160 e. The van der Waals surface area contributed by atoms with Crippen LogP contribution in [0, 0.1) is 0 Å². The molecule has 0 aromatic carbocycles. The van der Waals surface area contributed by atoms with Gasteiger partial charge in [-0.2, -0.15) is 0 Å². The van der Waals surface area contributed by atoms with E-state index >= 15 is 0 Å². The third-order valence-electron chi connectivity index (χ3n) is 1.34. The van der Waals surface area contributed by atoms with Crippen LogP contribution < -0.4 is 0 Å². The van der Waals surface area contributed by atoms with Gasteiger partial charge in [-0.15, -0.1) is 0 Å². The van der Waals surface area contributed by atoms with Crippen molar-refractivity contribution in [3.05, 3.63) is 11.3 Å². The Hall–Kier alpha value is -0.830. The molecule has 0 radical (unpaired) electrons. The van der Waals surface area contributed by atoms with Gasteiger partial charge in [-0.1, -0.05) is 0 Å². The largest absolute Gasteiger partial charge is 0.512 e. The van der Waals surface area contributed by atoms with E-state index in [-0.39, 0.29) is 11.5 Å². The van der Waals surface area contributed by atoms with Crippen LogP contribution in [0.5, 0.6) is 0 Å². The summed E-state index contributed by atoms with van der Waals surface area (Å²) >= 11 is 0. The van der Waals surface area contributed by atoms with E-state index in [0.29, 0.717) is 12.1 Å². The van der Waals surface area contributed by atoms with Crippen LogP contribution >= 0.6 is 0 Å². The van der Waals surface area contributed by atoms with Crippen LogP contribution in [0.15, 0.2) is 11.3 Å². The molecule has 0 saturated heterocycles. The number of rotatable bonds is 3. The average Bonchev–Trinajstić information content (AvgIpc) is 1.81. The second-order valence-corrected chi connectivity index (χ2v) is 2.86. The summed E-state index contributed by atoms with van der Waals surface area (Å²) in [6, 6.07) is 0. The lowest BCUT2D eigenvalue weighted by molar-refractivity contribution is -0.114. The molecule has 3 heteroatoms. The van der Waals surface area contributed by atoms with Gasteiger partial charge in [-0.3, -0.25) is 4.79 Å². The van der Waals surface area contributed by atoms with E-state index in [1.54, 1.807) is 0 Å². The maximum Gasteiger partial charge on any atom is 0.160 e. The van der Waals surface area contributed by atoms with Crippen molar-refractivity contribution in [1.82, 2.24) is 4.90 Å². The first-order valence-electron chi connectivity index (χ1n) is 3.49. The molecule has 0 fully saturated rings. The summed E-state index contributed by atoms with van der Waals surface area (Å²) in [7, 11) is 3.71. The highest BCUT2D eigenvalue weighted by Gasteiger charge is 2.08. The minimum Gasteiger partial charge on any atom is -0.512 e. The van der Waals surface area contributed by atoms with Gasteiger partial charge in [-0.25, -0.2) is 0 Å². The minimum absolute atomic E-state index is 0.0706. The summed E-state index contributed by atoms with van der Waals surface area (Å²) in [5.41, 5.74) is 0.481. The SMILES string of the molecule is CC(=O)C(CN(C)C)=C(C)O. The highest BCUT2D eigenvalue weighted by atomic mass is 16.3. The van der Waals surface area contributed by atoms with Crippen molar-refractivity contribution >= 4 is 5.78 Å². The molecule has 0 unspecified atom stereocenters. The van der Waals surface area contributed by atoms with Gasteiger partial charge < -0.3 is 10.0 Å². The molecule has 0 heterocycles. The van der Waals surface area contributed by atoms with Crippen LogP contribution in [0.2, 0.25) is 0 Å². The van der Waals surface area contributed by atoms with Crippen molar-refractivity contribution in [3.63, 3.8) is 0 Å². The third kappa shape index (κ3) is 3.78. The lowest BCUT2D eigenvalue weighted by Gasteiger charge is -2.11. The van der Waals surface area contributed by atoms with Crippen molar-refractivity contribution in [3.8, 4) is 0 Å². The molecule has 64 valence electrons. The van der Waals surface area contributed by atoms with Gasteiger partial charge in [0.15, 0.2) is 5.78 Å². The lowest BCUT2D eigenvalue weighted by Crippen LogP contribution is -2.19. The molecule has 0 amide bonds. The van der Waals surface area contributed by atoms with Crippen LogP contribution in [0.1, 0.15) is 13.8 Å². The first-order valence-corrected chi connectivity index (χ1v) is 3.49. The Kier molecular flexibility index (Phi) is 3.82. The maximum atomic E-state index is 10.9. The number of allylic oxidation sites excluding steroid dienone is 1. The van der Waals surface area contributed by atoms with Crippen LogP contribution in [-0.4, -0.2) is 36.4 Å². The highest BCUT2D eigenvalue weighted by Crippen LogP contribution is 2.02. The molecule has 0 aliphatic rings. The summed E-state index contributed by atoms with van der Waals surface area (Å²) < 4.78 is 0. The molecule has 0 aliphatic heterocycles. The quantitative estimate of drug-likeness (QED) is 0.490. The number of aliphatic hydroxyl groups is 1. The van der Waals surface area contributed by atoms with Gasteiger partial charge in [0.05, 0.1) is 5.76 Å². The first-order chi connectivity index (χ1) is 4.95. The molecule has 0 spiro atoms. The fourth-order valence-corrected chi connectivity index (χ4v) is 0.797. The third-order valence-corrected chi connectivity index (χ3v) is 1.34. The number of carbonyl (C=O) groups is 1. The van der Waals surface area contributed by atoms with E-state index < -0.39 is 0 Å². The van der Waals surface area contributed by atoms with Crippen LogP contribution in [-0.2, 0) is 4.79 Å². The zero-order chi connectivity index (χ0) is 9.02. The predicted octanol–water partition coefficient (Wildman–Crippen LogP) is 0.969. The van der Waals surface area contributed by atoms with E-state index in [4.69, 9.17) is 5.11 Å². The highest BCUT2D eigenvalue weighted by molar-refractivity contribution is 5.94. The standard InChI is InChI=1S/C8H15NO2/c1-6(10)8(7(2)11)5-9(3)4/h10H,5H2,1-4H3. The maximum absolute atomic E-state index is 10.9. The molecule has 0 saturated carbocycles. The number of nitrogens with zero attached hydrogens (tertiary/aromatic N) is 1. The molecule has 11 heavy (non-hydrogen) atoms. The topological polar surface area (TPSA) is 40.5 Å². The fraction of sp³-hybridized carbons (Fsp3) is 0.625. The van der Waals surface area contributed by atoms with Gasteiger partial charge in [0.2, 0.25) is 0 Å². The molecule has 0 aliphatic carbocycles. The van der Waals surface area contributed by atoms with E-state index in [9.17, 15) is 4.79 Å². The number of aliphatic hydroxyl groups excluding tert-OH is 1. The second kappa shape index (κ2) is 4.13. The van der Waals surface area contributed by atoms with Crippen molar-refractivity contribution in [2.75, 3.05) is 20.6 Å². The molecule has 1 N–H and O–H groups in total. The van der Waals surface area contributed by atoms with Crippen LogP contribution in [0.3, 0.4) is 0 Å². The molecule has 3 nitrogen and oxygen atoms in total. The zero-order valence-corrected chi connectivity index (χ0v) is 7.51. The summed E-state index contributed by atoms with van der Waals surface area (Å²) in [6.45, 7) is 3.48. The van der Waals surface area contributed by atoms with Gasteiger partial charge in [-0.05, 0) is 27.9 Å². The van der Waals surface area contributed by atoms with Crippen molar-refractivity contribution in [2.24, 2.45) is 0 Å². The Morgan fingerprint density at radius 2 is 1.82 bits per heavy atom. The number of ketones is 1. The summed E-state index contributed by atoms with van der Waals surface area (Å²) in [4.78, 5) is 12.7. The molecular weight excluding hydrogens is 142 g/mol. The predicted molar refractivity (Wildman–Crippen MR) is 44.6 cm³/mol. The molecule has 0 atom stereocenters. The van der Waals surface area contributed by atoms with Gasteiger partial charge in [0.1, 0.15) is 0 Å². The Balaban J connectivity index is 4.39. The van der Waals surface area contributed by atoms with Gasteiger partial charge in [0.25, 0.3) is 0 Å². The number of hydrogen-bond donors (Lipinski definition) is 1. The molecule has 0 aromatic rings. The van der Waals surface area contributed by atoms with Crippen LogP contribution in [0.4, 0.5) is 0 Å². The van der Waals surface area contributed by atoms with Crippen LogP contribution in [0.25, 0.3) is 0 Å². The lowest BCUT2D eigenvalue weighted by atomic mass is 10.1. The molecular formula is C8H15NO2. The number of Topliss-reactive ketones (excluding diaryl/α,β-unsaturated/α-hetero) is 1. The number of likely N-dealkylation sites (N-methyl/N-ethyl adjacent to an activating group) is 1. The Labute approximate surface area is 67.3 Å².